The molecule has 0 radical (unpaired) electrons. The normalized spacial score (nSPS) is 16.5. The number of amides is 1. The van der Waals surface area contributed by atoms with Gasteiger partial charge in [-0.05, 0) is 42.7 Å². The first-order valence-corrected chi connectivity index (χ1v) is 9.01. The number of piperidine rings is 1. The number of hydrogen-bond acceptors (Lipinski definition) is 4. The molecule has 1 fully saturated rings. The van der Waals surface area contributed by atoms with Crippen LogP contribution in [0.15, 0.2) is 54.6 Å². The van der Waals surface area contributed by atoms with Gasteiger partial charge in [-0.25, -0.2) is 4.39 Å². The van der Waals surface area contributed by atoms with E-state index in [0.29, 0.717) is 31.6 Å². The van der Waals surface area contributed by atoms with Crippen LogP contribution in [0, 0.1) is 11.7 Å². The van der Waals surface area contributed by atoms with Crippen LogP contribution >= 0.6 is 0 Å². The van der Waals surface area contributed by atoms with Gasteiger partial charge in [-0.1, -0.05) is 30.3 Å². The van der Waals surface area contributed by atoms with E-state index < -0.39 is 6.04 Å². The molecule has 1 heterocycles. The maximum absolute atomic E-state index is 13.1. The van der Waals surface area contributed by atoms with Crippen LogP contribution in [0.3, 0.4) is 0 Å². The van der Waals surface area contributed by atoms with Crippen LogP contribution in [-0.4, -0.2) is 37.0 Å². The lowest BCUT2D eigenvalue weighted by atomic mass is 9.94. The summed E-state index contributed by atoms with van der Waals surface area (Å²) < 4.78 is 17.9. The molecule has 1 aliphatic rings. The Kier molecular flexibility index (Phi) is 6.19. The Labute approximate surface area is 158 Å². The van der Waals surface area contributed by atoms with Gasteiger partial charge in [-0.15, -0.1) is 0 Å². The van der Waals surface area contributed by atoms with Gasteiger partial charge in [0.05, 0.1) is 13.0 Å². The maximum Gasteiger partial charge on any atom is 0.308 e. The first kappa shape index (κ1) is 19.0. The summed E-state index contributed by atoms with van der Waals surface area (Å²) in [4.78, 5) is 26.9. The highest BCUT2D eigenvalue weighted by Gasteiger charge is 2.33. The van der Waals surface area contributed by atoms with Crippen molar-refractivity contribution in [2.45, 2.75) is 18.9 Å². The zero-order valence-electron chi connectivity index (χ0n) is 15.2. The van der Waals surface area contributed by atoms with Crippen molar-refractivity contribution in [2.75, 3.05) is 25.5 Å². The molecule has 2 aromatic rings. The van der Waals surface area contributed by atoms with E-state index in [4.69, 9.17) is 4.74 Å². The number of benzene rings is 2. The molecule has 2 aromatic carbocycles. The molecule has 6 heteroatoms. The number of halogens is 1. The zero-order chi connectivity index (χ0) is 19.2. The molecule has 1 saturated heterocycles. The first-order chi connectivity index (χ1) is 13.1. The molecule has 0 saturated carbocycles. The molecule has 0 aromatic heterocycles. The number of nitrogens with one attached hydrogen (secondary N) is 1. The number of hydrogen-bond donors (Lipinski definition) is 1. The summed E-state index contributed by atoms with van der Waals surface area (Å²) in [5.41, 5.74) is 1.43. The molecule has 1 aliphatic heterocycles. The van der Waals surface area contributed by atoms with E-state index in [0.717, 1.165) is 5.56 Å². The lowest BCUT2D eigenvalue weighted by Crippen LogP contribution is -2.43. The van der Waals surface area contributed by atoms with Gasteiger partial charge in [0.2, 0.25) is 5.91 Å². The van der Waals surface area contributed by atoms with Gasteiger partial charge in [0.15, 0.2) is 0 Å². The third kappa shape index (κ3) is 4.71. The molecule has 3 rings (SSSR count). The Hall–Kier alpha value is -2.73. The van der Waals surface area contributed by atoms with Crippen LogP contribution in [0.25, 0.3) is 0 Å². The fourth-order valence-corrected chi connectivity index (χ4v) is 3.47. The standard InChI is InChI=1S/C21H23FN2O3/c1-27-21(26)16-11-13-24(14-12-16)19(15-5-3-2-4-6-15)20(25)23-18-9-7-17(22)8-10-18/h2-10,16,19H,11-14H2,1H3,(H,23,25)/t19-/m0/s1. The predicted octanol–water partition coefficient (Wildman–Crippen LogP) is 3.39. The summed E-state index contributed by atoms with van der Waals surface area (Å²) in [6.45, 7) is 1.24. The number of likely N-dealkylation sites (tertiary alicyclic amines) is 1. The minimum absolute atomic E-state index is 0.122. The SMILES string of the molecule is COC(=O)C1CCN([C@H](C(=O)Nc2ccc(F)cc2)c2ccccc2)CC1. The minimum atomic E-state index is -0.477. The number of carbonyl (C=O) groups is 2. The molecule has 1 N–H and O–H groups in total. The smallest absolute Gasteiger partial charge is 0.308 e. The van der Waals surface area contributed by atoms with Gasteiger partial charge in [0.25, 0.3) is 0 Å². The number of ether oxygens (including phenoxy) is 1. The number of rotatable bonds is 5. The molecule has 0 spiro atoms. The summed E-state index contributed by atoms with van der Waals surface area (Å²) in [7, 11) is 1.40. The Bertz CT molecular complexity index is 772. The summed E-state index contributed by atoms with van der Waals surface area (Å²) in [6, 6.07) is 14.8. The van der Waals surface area contributed by atoms with Crippen molar-refractivity contribution in [3.05, 3.63) is 66.0 Å². The van der Waals surface area contributed by atoms with Crippen molar-refractivity contribution in [1.82, 2.24) is 4.90 Å². The highest BCUT2D eigenvalue weighted by atomic mass is 19.1. The van der Waals surface area contributed by atoms with Gasteiger partial charge >= 0.3 is 5.97 Å². The van der Waals surface area contributed by atoms with E-state index in [2.05, 4.69) is 10.2 Å². The van der Waals surface area contributed by atoms with E-state index in [1.165, 1.54) is 19.2 Å². The van der Waals surface area contributed by atoms with Crippen molar-refractivity contribution in [1.29, 1.82) is 0 Å². The molecule has 27 heavy (non-hydrogen) atoms. The minimum Gasteiger partial charge on any atom is -0.469 e. The average molecular weight is 370 g/mol. The topological polar surface area (TPSA) is 58.6 Å². The van der Waals surface area contributed by atoms with E-state index >= 15 is 0 Å². The summed E-state index contributed by atoms with van der Waals surface area (Å²) in [5, 5.41) is 2.87. The number of nitrogens with zero attached hydrogens (tertiary/aromatic N) is 1. The second-order valence-corrected chi connectivity index (χ2v) is 6.64. The molecule has 0 bridgehead atoms. The zero-order valence-corrected chi connectivity index (χ0v) is 15.2. The molecule has 5 nitrogen and oxygen atoms in total. The fourth-order valence-electron chi connectivity index (χ4n) is 3.47. The second-order valence-electron chi connectivity index (χ2n) is 6.64. The molecule has 0 aliphatic carbocycles. The van der Waals surface area contributed by atoms with E-state index in [9.17, 15) is 14.0 Å². The number of methoxy groups -OCH3 is 1. The van der Waals surface area contributed by atoms with Gasteiger partial charge in [-0.2, -0.15) is 0 Å². The largest absolute Gasteiger partial charge is 0.469 e. The second kappa shape index (κ2) is 8.77. The Morgan fingerprint density at radius 1 is 1.07 bits per heavy atom. The molecule has 1 amide bonds. The summed E-state index contributed by atoms with van der Waals surface area (Å²) in [6.07, 6.45) is 1.31. The van der Waals surface area contributed by atoms with E-state index in [1.807, 2.05) is 30.3 Å². The molecule has 142 valence electrons. The Balaban J connectivity index is 1.77. The lowest BCUT2D eigenvalue weighted by Gasteiger charge is -2.36. The van der Waals surface area contributed by atoms with Crippen LogP contribution in [0.4, 0.5) is 10.1 Å². The van der Waals surface area contributed by atoms with E-state index in [1.54, 1.807) is 12.1 Å². The van der Waals surface area contributed by atoms with Crippen LogP contribution < -0.4 is 5.32 Å². The molecular formula is C21H23FN2O3. The molecule has 1 atom stereocenters. The highest BCUT2D eigenvalue weighted by Crippen LogP contribution is 2.28. The van der Waals surface area contributed by atoms with Crippen molar-refractivity contribution in [3.8, 4) is 0 Å². The van der Waals surface area contributed by atoms with Crippen molar-refractivity contribution in [3.63, 3.8) is 0 Å². The number of carbonyl (C=O) groups excluding carboxylic acids is 2. The van der Waals surface area contributed by atoms with Crippen molar-refractivity contribution >= 4 is 17.6 Å². The first-order valence-electron chi connectivity index (χ1n) is 9.01. The van der Waals surface area contributed by atoms with Crippen LogP contribution in [0.1, 0.15) is 24.4 Å². The lowest BCUT2D eigenvalue weighted by molar-refractivity contribution is -0.147. The average Bonchev–Trinajstić information content (AvgIpc) is 2.71. The Morgan fingerprint density at radius 3 is 2.30 bits per heavy atom. The predicted molar refractivity (Wildman–Crippen MR) is 101 cm³/mol. The number of esters is 1. The summed E-state index contributed by atoms with van der Waals surface area (Å²) >= 11 is 0. The molecule has 0 unspecified atom stereocenters. The van der Waals surface area contributed by atoms with Crippen LogP contribution in [0.5, 0.6) is 0 Å². The van der Waals surface area contributed by atoms with Crippen LogP contribution in [0.2, 0.25) is 0 Å². The van der Waals surface area contributed by atoms with Gasteiger partial charge < -0.3 is 10.1 Å². The van der Waals surface area contributed by atoms with Crippen molar-refractivity contribution < 1.29 is 18.7 Å². The third-order valence-corrected chi connectivity index (χ3v) is 4.90. The van der Waals surface area contributed by atoms with Gasteiger partial charge in [-0.3, -0.25) is 14.5 Å². The van der Waals surface area contributed by atoms with Gasteiger partial charge in [0, 0.05) is 18.8 Å². The monoisotopic (exact) mass is 370 g/mol. The quantitative estimate of drug-likeness (QED) is 0.820. The van der Waals surface area contributed by atoms with E-state index in [-0.39, 0.29) is 23.6 Å². The summed E-state index contributed by atoms with van der Waals surface area (Å²) in [5.74, 6) is -0.841. The van der Waals surface area contributed by atoms with Crippen LogP contribution in [-0.2, 0) is 14.3 Å². The fraction of sp³-hybridized carbons (Fsp3) is 0.333. The van der Waals surface area contributed by atoms with Gasteiger partial charge in [0.1, 0.15) is 11.9 Å². The Morgan fingerprint density at radius 2 is 1.70 bits per heavy atom. The highest BCUT2D eigenvalue weighted by molar-refractivity contribution is 5.95. The molecular weight excluding hydrogens is 347 g/mol. The van der Waals surface area contributed by atoms with Crippen molar-refractivity contribution in [2.24, 2.45) is 5.92 Å². The maximum atomic E-state index is 13.1. The third-order valence-electron chi connectivity index (χ3n) is 4.90. The number of anilines is 1.